The highest BCUT2D eigenvalue weighted by Gasteiger charge is 2.51. The van der Waals surface area contributed by atoms with Gasteiger partial charge in [0.15, 0.2) is 4.32 Å². The van der Waals surface area contributed by atoms with Gasteiger partial charge in [-0.1, -0.05) is 30.0 Å². The van der Waals surface area contributed by atoms with Crippen LogP contribution in [0.1, 0.15) is 56.6 Å². The van der Waals surface area contributed by atoms with Gasteiger partial charge in [-0.3, -0.25) is 19.8 Å². The van der Waals surface area contributed by atoms with Crippen LogP contribution in [0.4, 0.5) is 11.4 Å². The summed E-state index contributed by atoms with van der Waals surface area (Å²) >= 11 is 6.78. The smallest absolute Gasteiger partial charge is 0.270 e. The summed E-state index contributed by atoms with van der Waals surface area (Å²) in [7, 11) is 0. The maximum Gasteiger partial charge on any atom is 0.270 e. The SMILES string of the molecule is CCOc1ccc(C23CC4CC(CC(C4)C2)C3)cc1/C=C1\SC(=S)N(c2ccc([N+](=O)[O-])cc2)C1=O. The average molecular weight is 521 g/mol. The van der Waals surface area contributed by atoms with Crippen LogP contribution in [0.25, 0.3) is 6.08 Å². The minimum atomic E-state index is -0.458. The molecule has 6 nitrogen and oxygen atoms in total. The minimum absolute atomic E-state index is 0.0254. The molecule has 0 radical (unpaired) electrons. The molecule has 186 valence electrons. The Hall–Kier alpha value is -2.71. The highest BCUT2D eigenvalue weighted by molar-refractivity contribution is 8.27. The number of ether oxygens (including phenoxy) is 1. The number of rotatable bonds is 6. The van der Waals surface area contributed by atoms with Gasteiger partial charge in [0.05, 0.1) is 22.1 Å². The van der Waals surface area contributed by atoms with Crippen molar-refractivity contribution in [3.8, 4) is 5.75 Å². The summed E-state index contributed by atoms with van der Waals surface area (Å²) in [4.78, 5) is 25.9. The average Bonchev–Trinajstić information content (AvgIpc) is 3.12. The van der Waals surface area contributed by atoms with Gasteiger partial charge in [-0.15, -0.1) is 0 Å². The molecule has 1 aliphatic heterocycles. The van der Waals surface area contributed by atoms with E-state index in [2.05, 4.69) is 18.2 Å². The van der Waals surface area contributed by atoms with E-state index in [-0.39, 0.29) is 17.0 Å². The fraction of sp³-hybridized carbons (Fsp3) is 0.429. The molecule has 8 heteroatoms. The second kappa shape index (κ2) is 8.99. The fourth-order valence-electron chi connectivity index (χ4n) is 7.30. The lowest BCUT2D eigenvalue weighted by molar-refractivity contribution is -0.384. The van der Waals surface area contributed by atoms with Gasteiger partial charge in [-0.05, 0) is 105 Å². The van der Waals surface area contributed by atoms with E-state index in [9.17, 15) is 14.9 Å². The molecule has 1 saturated heterocycles. The number of hydrogen-bond donors (Lipinski definition) is 0. The number of amides is 1. The lowest BCUT2D eigenvalue weighted by Crippen LogP contribution is -2.48. The van der Waals surface area contributed by atoms with Crippen molar-refractivity contribution in [2.45, 2.75) is 50.9 Å². The van der Waals surface area contributed by atoms with Gasteiger partial charge < -0.3 is 4.74 Å². The standard InChI is InChI=1S/C28H28N2O4S2/c1-2-34-24-8-3-21(28-14-17-9-18(15-28)11-19(10-17)16-28)12-20(24)13-25-26(31)29(27(35)36-25)22-4-6-23(7-5-22)30(32)33/h3-8,12-13,17-19H,2,9-11,14-16H2,1H3/b25-13-. The molecule has 1 amide bonds. The van der Waals surface area contributed by atoms with E-state index in [1.54, 1.807) is 12.1 Å². The first-order chi connectivity index (χ1) is 17.3. The third-order valence-electron chi connectivity index (χ3n) is 8.36. The summed E-state index contributed by atoms with van der Waals surface area (Å²) in [5.74, 6) is 3.10. The number of thiocarbonyl (C=S) groups is 1. The van der Waals surface area contributed by atoms with Crippen LogP contribution in [0.5, 0.6) is 5.75 Å². The molecule has 2 aromatic rings. The van der Waals surface area contributed by atoms with Gasteiger partial charge in [-0.2, -0.15) is 0 Å². The molecule has 0 aromatic heterocycles. The first-order valence-electron chi connectivity index (χ1n) is 12.6. The molecule has 0 spiro atoms. The number of nitro groups is 1. The number of nitrogens with zero attached hydrogens (tertiary/aromatic N) is 2. The molecule has 2 aromatic carbocycles. The Bertz CT molecular complexity index is 1250. The third kappa shape index (κ3) is 4.04. The van der Waals surface area contributed by atoms with E-state index in [0.717, 1.165) is 29.1 Å². The number of benzene rings is 2. The zero-order valence-corrected chi connectivity index (χ0v) is 21.8. The van der Waals surface area contributed by atoms with Crippen molar-refractivity contribution >= 4 is 51.7 Å². The third-order valence-corrected chi connectivity index (χ3v) is 9.66. The number of nitro benzene ring substituents is 1. The number of non-ortho nitro benzene ring substituents is 1. The van der Waals surface area contributed by atoms with Crippen LogP contribution in [0.3, 0.4) is 0 Å². The Labute approximate surface area is 220 Å². The molecule has 4 aliphatic carbocycles. The quantitative estimate of drug-likeness (QED) is 0.179. The Kier molecular flexibility index (Phi) is 5.91. The van der Waals surface area contributed by atoms with Crippen molar-refractivity contribution in [3.63, 3.8) is 0 Å². The van der Waals surface area contributed by atoms with Crippen molar-refractivity contribution < 1.29 is 14.5 Å². The van der Waals surface area contributed by atoms with Gasteiger partial charge >= 0.3 is 0 Å². The van der Waals surface area contributed by atoms with E-state index in [1.165, 1.54) is 72.9 Å². The van der Waals surface area contributed by atoms with Gasteiger partial charge in [0.1, 0.15) is 5.75 Å². The molecule has 36 heavy (non-hydrogen) atoms. The van der Waals surface area contributed by atoms with E-state index >= 15 is 0 Å². The van der Waals surface area contributed by atoms with Crippen molar-refractivity contribution in [1.82, 2.24) is 0 Å². The molecule has 5 fully saturated rings. The predicted molar refractivity (Wildman–Crippen MR) is 146 cm³/mol. The van der Waals surface area contributed by atoms with E-state index < -0.39 is 4.92 Å². The second-order valence-electron chi connectivity index (χ2n) is 10.7. The zero-order valence-electron chi connectivity index (χ0n) is 20.1. The van der Waals surface area contributed by atoms with Crippen molar-refractivity contribution in [3.05, 3.63) is 68.6 Å². The maximum atomic E-state index is 13.4. The second-order valence-corrected chi connectivity index (χ2v) is 12.3. The Morgan fingerprint density at radius 1 is 1.11 bits per heavy atom. The maximum absolute atomic E-state index is 13.4. The van der Waals surface area contributed by atoms with Crippen molar-refractivity contribution in [2.24, 2.45) is 17.8 Å². The van der Waals surface area contributed by atoms with Crippen LogP contribution < -0.4 is 9.64 Å². The van der Waals surface area contributed by atoms with Gasteiger partial charge in [0.25, 0.3) is 11.6 Å². The van der Waals surface area contributed by atoms with Crippen molar-refractivity contribution in [1.29, 1.82) is 0 Å². The van der Waals surface area contributed by atoms with Crippen LogP contribution in [-0.2, 0) is 10.2 Å². The van der Waals surface area contributed by atoms with Gasteiger partial charge in [-0.25, -0.2) is 0 Å². The molecule has 0 atom stereocenters. The summed E-state index contributed by atoms with van der Waals surface area (Å²) in [5.41, 5.74) is 3.04. The fourth-order valence-corrected chi connectivity index (χ4v) is 8.59. The largest absolute Gasteiger partial charge is 0.493 e. The molecule has 7 rings (SSSR count). The molecular formula is C28H28N2O4S2. The Balaban J connectivity index is 1.33. The molecule has 0 unspecified atom stereocenters. The van der Waals surface area contributed by atoms with Gasteiger partial charge in [0.2, 0.25) is 0 Å². The first kappa shape index (κ1) is 23.7. The number of carbonyl (C=O) groups excluding carboxylic acids is 1. The number of carbonyl (C=O) groups is 1. The van der Waals surface area contributed by atoms with E-state index in [4.69, 9.17) is 17.0 Å². The van der Waals surface area contributed by atoms with Crippen LogP contribution in [0.15, 0.2) is 47.4 Å². The lowest BCUT2D eigenvalue weighted by Gasteiger charge is -2.57. The lowest BCUT2D eigenvalue weighted by atomic mass is 9.48. The summed E-state index contributed by atoms with van der Waals surface area (Å²) < 4.78 is 6.37. The first-order valence-corrected chi connectivity index (χ1v) is 13.9. The van der Waals surface area contributed by atoms with Crippen LogP contribution >= 0.6 is 24.0 Å². The summed E-state index contributed by atoms with van der Waals surface area (Å²) in [5, 5.41) is 11.0. The van der Waals surface area contributed by atoms with Crippen LogP contribution in [-0.4, -0.2) is 21.8 Å². The topological polar surface area (TPSA) is 72.7 Å². The number of hydrogen-bond acceptors (Lipinski definition) is 6. The summed E-state index contributed by atoms with van der Waals surface area (Å²) in [6.07, 6.45) is 9.91. The number of thioether (sulfide) groups is 1. The van der Waals surface area contributed by atoms with E-state index in [0.29, 0.717) is 21.5 Å². The molecule has 4 saturated carbocycles. The predicted octanol–water partition coefficient (Wildman–Crippen LogP) is 6.87. The Morgan fingerprint density at radius 2 is 1.75 bits per heavy atom. The highest BCUT2D eigenvalue weighted by Crippen LogP contribution is 2.61. The van der Waals surface area contributed by atoms with Crippen LogP contribution in [0.2, 0.25) is 0 Å². The Morgan fingerprint density at radius 3 is 2.33 bits per heavy atom. The normalized spacial score (nSPS) is 29.9. The van der Waals surface area contributed by atoms with E-state index in [1.807, 2.05) is 13.0 Å². The zero-order chi connectivity index (χ0) is 25.0. The molecular weight excluding hydrogens is 492 g/mol. The van der Waals surface area contributed by atoms with Crippen molar-refractivity contribution in [2.75, 3.05) is 11.5 Å². The number of anilines is 1. The summed E-state index contributed by atoms with van der Waals surface area (Å²) in [6.45, 7) is 2.51. The molecule has 5 aliphatic rings. The molecule has 0 N–H and O–H groups in total. The molecule has 1 heterocycles. The van der Waals surface area contributed by atoms with Crippen LogP contribution in [0, 0.1) is 27.9 Å². The van der Waals surface area contributed by atoms with Gasteiger partial charge in [0, 0.05) is 17.7 Å². The monoisotopic (exact) mass is 520 g/mol. The highest BCUT2D eigenvalue weighted by atomic mass is 32.2. The summed E-state index contributed by atoms with van der Waals surface area (Å²) in [6, 6.07) is 12.5. The molecule has 4 bridgehead atoms. The minimum Gasteiger partial charge on any atom is -0.493 e.